The summed E-state index contributed by atoms with van der Waals surface area (Å²) in [6, 6.07) is 11.3. The third-order valence-corrected chi connectivity index (χ3v) is 5.78. The van der Waals surface area contributed by atoms with Gasteiger partial charge in [-0.25, -0.2) is 18.5 Å². The summed E-state index contributed by atoms with van der Waals surface area (Å²) in [6.45, 7) is 0.219. The summed E-state index contributed by atoms with van der Waals surface area (Å²) >= 11 is 1.28. The highest BCUT2D eigenvalue weighted by Gasteiger charge is 2.13. The molecule has 0 unspecified atom stereocenters. The molecule has 0 aliphatic heterocycles. The number of nitrogens with one attached hydrogen (secondary N) is 2. The molecule has 4 N–H and O–H groups in total. The molecule has 3 aromatic rings. The van der Waals surface area contributed by atoms with Crippen LogP contribution in [-0.4, -0.2) is 33.5 Å². The smallest absolute Gasteiger partial charge is 0.271 e. The third kappa shape index (κ3) is 5.26. The van der Waals surface area contributed by atoms with Gasteiger partial charge in [0.1, 0.15) is 17.2 Å². The fraction of sp³-hybridized carbons (Fsp3) is 0.158. The van der Waals surface area contributed by atoms with Crippen molar-refractivity contribution in [2.75, 3.05) is 19.5 Å². The zero-order valence-corrected chi connectivity index (χ0v) is 17.8. The van der Waals surface area contributed by atoms with Crippen molar-refractivity contribution < 1.29 is 22.7 Å². The van der Waals surface area contributed by atoms with Crippen LogP contribution < -0.4 is 25.2 Å². The molecular formula is C19H20N4O5S2. The highest BCUT2D eigenvalue weighted by Crippen LogP contribution is 2.32. The summed E-state index contributed by atoms with van der Waals surface area (Å²) in [5, 5.41) is 13.1. The molecule has 0 radical (unpaired) electrons. The standard InChI is InChI=1S/C19H20N4O5S2/c1-27-13-5-8-15(17(9-13)28-2)22-19-23-16(11-29-19)18(24)21-10-12-3-6-14(7-4-12)30(20,25)26/h3-9,11H,10H2,1-2H3,(H,21,24)(H,22,23)(H2,20,25,26). The van der Waals surface area contributed by atoms with Crippen LogP contribution in [0.4, 0.5) is 10.8 Å². The van der Waals surface area contributed by atoms with Gasteiger partial charge >= 0.3 is 0 Å². The van der Waals surface area contributed by atoms with Crippen LogP contribution >= 0.6 is 11.3 Å². The number of carbonyl (C=O) groups is 1. The van der Waals surface area contributed by atoms with Crippen LogP contribution in [0.5, 0.6) is 11.5 Å². The summed E-state index contributed by atoms with van der Waals surface area (Å²) in [5.41, 5.74) is 1.68. The number of amides is 1. The summed E-state index contributed by atoms with van der Waals surface area (Å²) in [6.07, 6.45) is 0. The topological polar surface area (TPSA) is 133 Å². The van der Waals surface area contributed by atoms with Crippen LogP contribution in [0.3, 0.4) is 0 Å². The molecule has 0 aliphatic carbocycles. The van der Waals surface area contributed by atoms with E-state index in [9.17, 15) is 13.2 Å². The third-order valence-electron chi connectivity index (χ3n) is 4.09. The second-order valence-corrected chi connectivity index (χ2v) is 8.52. The van der Waals surface area contributed by atoms with Gasteiger partial charge in [0, 0.05) is 18.0 Å². The van der Waals surface area contributed by atoms with Gasteiger partial charge in [-0.3, -0.25) is 4.79 Å². The van der Waals surface area contributed by atoms with E-state index in [1.807, 2.05) is 0 Å². The molecule has 1 amide bonds. The number of hydrogen-bond acceptors (Lipinski definition) is 8. The molecule has 0 atom stereocenters. The van der Waals surface area contributed by atoms with E-state index in [1.54, 1.807) is 49.9 Å². The van der Waals surface area contributed by atoms with E-state index in [1.165, 1.54) is 23.5 Å². The van der Waals surface area contributed by atoms with Crippen LogP contribution in [0.2, 0.25) is 0 Å². The van der Waals surface area contributed by atoms with Crippen LogP contribution in [0.25, 0.3) is 0 Å². The normalized spacial score (nSPS) is 11.0. The number of ether oxygens (including phenoxy) is 2. The Kier molecular flexibility index (Phi) is 6.55. The predicted octanol–water partition coefficient (Wildman–Crippen LogP) is 2.48. The second-order valence-electron chi connectivity index (χ2n) is 6.10. The van der Waals surface area contributed by atoms with Crippen molar-refractivity contribution in [1.29, 1.82) is 0 Å². The molecule has 0 spiro atoms. The Labute approximate surface area is 177 Å². The number of nitrogens with two attached hydrogens (primary N) is 1. The number of thiazole rings is 1. The van der Waals surface area contributed by atoms with Crippen molar-refractivity contribution >= 4 is 38.1 Å². The van der Waals surface area contributed by atoms with E-state index >= 15 is 0 Å². The molecule has 0 saturated heterocycles. The summed E-state index contributed by atoms with van der Waals surface area (Å²) in [7, 11) is -0.622. The van der Waals surface area contributed by atoms with Crippen LogP contribution in [0.1, 0.15) is 16.1 Å². The molecule has 158 valence electrons. The second kappa shape index (κ2) is 9.11. The molecule has 0 aliphatic rings. The lowest BCUT2D eigenvalue weighted by Crippen LogP contribution is -2.23. The number of aromatic nitrogens is 1. The van der Waals surface area contributed by atoms with E-state index in [4.69, 9.17) is 14.6 Å². The maximum absolute atomic E-state index is 12.4. The van der Waals surface area contributed by atoms with Crippen LogP contribution in [0.15, 0.2) is 52.7 Å². The summed E-state index contributed by atoms with van der Waals surface area (Å²) < 4.78 is 33.1. The molecule has 11 heteroatoms. The van der Waals surface area contributed by atoms with Crippen LogP contribution in [0, 0.1) is 0 Å². The van der Waals surface area contributed by atoms with Gasteiger partial charge in [-0.15, -0.1) is 11.3 Å². The predicted molar refractivity (Wildman–Crippen MR) is 114 cm³/mol. The molecule has 1 heterocycles. The molecule has 0 saturated carbocycles. The Bertz CT molecular complexity index is 1140. The number of nitrogens with zero attached hydrogens (tertiary/aromatic N) is 1. The molecular weight excluding hydrogens is 428 g/mol. The number of methoxy groups -OCH3 is 2. The van der Waals surface area contributed by atoms with Crippen molar-refractivity contribution in [2.24, 2.45) is 5.14 Å². The van der Waals surface area contributed by atoms with E-state index in [0.717, 1.165) is 5.56 Å². The van der Waals surface area contributed by atoms with E-state index in [0.29, 0.717) is 22.3 Å². The molecule has 3 rings (SSSR count). The van der Waals surface area contributed by atoms with E-state index < -0.39 is 10.0 Å². The quantitative estimate of drug-likeness (QED) is 0.482. The van der Waals surface area contributed by atoms with Gasteiger partial charge < -0.3 is 20.1 Å². The Morgan fingerprint density at radius 3 is 2.50 bits per heavy atom. The lowest BCUT2D eigenvalue weighted by molar-refractivity contribution is 0.0946. The number of primary sulfonamides is 1. The number of anilines is 2. The van der Waals surface area contributed by atoms with Gasteiger partial charge in [-0.2, -0.15) is 0 Å². The minimum Gasteiger partial charge on any atom is -0.497 e. The fourth-order valence-electron chi connectivity index (χ4n) is 2.52. The Balaban J connectivity index is 1.62. The van der Waals surface area contributed by atoms with Gasteiger partial charge in [0.05, 0.1) is 24.8 Å². The molecule has 0 fully saturated rings. The Morgan fingerprint density at radius 1 is 1.13 bits per heavy atom. The summed E-state index contributed by atoms with van der Waals surface area (Å²) in [5.74, 6) is 0.892. The van der Waals surface area contributed by atoms with Gasteiger partial charge in [-0.1, -0.05) is 12.1 Å². The average molecular weight is 449 g/mol. The lowest BCUT2D eigenvalue weighted by atomic mass is 10.2. The van der Waals surface area contributed by atoms with E-state index in [-0.39, 0.29) is 23.0 Å². The number of rotatable bonds is 8. The van der Waals surface area contributed by atoms with Crippen molar-refractivity contribution in [3.05, 3.63) is 59.1 Å². The molecule has 0 bridgehead atoms. The maximum atomic E-state index is 12.4. The van der Waals surface area contributed by atoms with Gasteiger partial charge in [0.2, 0.25) is 10.0 Å². The van der Waals surface area contributed by atoms with Crippen LogP contribution in [-0.2, 0) is 16.6 Å². The Hall–Kier alpha value is -3.15. The first-order valence-electron chi connectivity index (χ1n) is 8.64. The summed E-state index contributed by atoms with van der Waals surface area (Å²) in [4.78, 5) is 16.7. The first-order chi connectivity index (χ1) is 14.3. The average Bonchev–Trinajstić information content (AvgIpc) is 3.20. The van der Waals surface area contributed by atoms with E-state index in [2.05, 4.69) is 15.6 Å². The number of benzene rings is 2. The minimum atomic E-state index is -3.74. The molecule has 9 nitrogen and oxygen atoms in total. The highest BCUT2D eigenvalue weighted by atomic mass is 32.2. The van der Waals surface area contributed by atoms with Gasteiger partial charge in [0.15, 0.2) is 5.13 Å². The number of sulfonamides is 1. The highest BCUT2D eigenvalue weighted by molar-refractivity contribution is 7.89. The number of carbonyl (C=O) groups excluding carboxylic acids is 1. The van der Waals surface area contributed by atoms with Crippen molar-refractivity contribution in [3.8, 4) is 11.5 Å². The monoisotopic (exact) mass is 448 g/mol. The zero-order valence-electron chi connectivity index (χ0n) is 16.2. The SMILES string of the molecule is COc1ccc(Nc2nc(C(=O)NCc3ccc(S(N)(=O)=O)cc3)cs2)c(OC)c1. The molecule has 30 heavy (non-hydrogen) atoms. The van der Waals surface area contributed by atoms with Gasteiger partial charge in [0.25, 0.3) is 5.91 Å². The van der Waals surface area contributed by atoms with Crippen molar-refractivity contribution in [3.63, 3.8) is 0 Å². The van der Waals surface area contributed by atoms with Crippen molar-refractivity contribution in [2.45, 2.75) is 11.4 Å². The molecule has 2 aromatic carbocycles. The Morgan fingerprint density at radius 2 is 1.87 bits per heavy atom. The number of hydrogen-bond donors (Lipinski definition) is 3. The van der Waals surface area contributed by atoms with Crippen molar-refractivity contribution in [1.82, 2.24) is 10.3 Å². The fourth-order valence-corrected chi connectivity index (χ4v) is 3.74. The zero-order chi connectivity index (χ0) is 21.7. The first-order valence-corrected chi connectivity index (χ1v) is 11.1. The molecule has 1 aromatic heterocycles. The maximum Gasteiger partial charge on any atom is 0.271 e. The minimum absolute atomic E-state index is 0.0155. The van der Waals surface area contributed by atoms with Gasteiger partial charge in [-0.05, 0) is 29.8 Å². The lowest BCUT2D eigenvalue weighted by Gasteiger charge is -2.10. The largest absolute Gasteiger partial charge is 0.497 e. The first kappa shape index (κ1) is 21.6.